The van der Waals surface area contributed by atoms with Gasteiger partial charge in [-0.15, -0.1) is 6.58 Å². The van der Waals surface area contributed by atoms with E-state index < -0.39 is 0 Å². The number of allylic oxidation sites excluding steroid dienone is 1. The molecule has 1 atom stereocenters. The van der Waals surface area contributed by atoms with Gasteiger partial charge in [0.15, 0.2) is 5.82 Å². The Bertz CT molecular complexity index is 838. The third-order valence-corrected chi connectivity index (χ3v) is 4.03. The minimum absolute atomic E-state index is 0.157. The van der Waals surface area contributed by atoms with Crippen molar-refractivity contribution in [3.05, 3.63) is 78.4 Å². The molecular weight excluding hydrogens is 310 g/mol. The molecule has 1 N–H and O–H groups in total. The lowest BCUT2D eigenvalue weighted by Crippen LogP contribution is -2.13. The van der Waals surface area contributed by atoms with Gasteiger partial charge in [-0.1, -0.05) is 36.4 Å². The highest BCUT2D eigenvalue weighted by atomic mass is 15.3. The number of aryl methyl sites for hydroxylation is 2. The van der Waals surface area contributed by atoms with E-state index in [1.165, 1.54) is 5.56 Å². The van der Waals surface area contributed by atoms with Crippen molar-refractivity contribution in [1.29, 1.82) is 0 Å². The van der Waals surface area contributed by atoms with Crippen LogP contribution in [0, 0.1) is 13.8 Å². The summed E-state index contributed by atoms with van der Waals surface area (Å²) in [7, 11) is 0. The maximum Gasteiger partial charge on any atom is 0.174 e. The zero-order chi connectivity index (χ0) is 17.6. The van der Waals surface area contributed by atoms with Crippen LogP contribution in [0.1, 0.15) is 35.8 Å². The molecule has 0 aliphatic rings. The number of anilines is 1. The third-order valence-electron chi connectivity index (χ3n) is 4.03. The Balaban J connectivity index is 1.86. The standard InChI is InChI=1S/C20H23N5/c1-4-5-11-18(17-9-7-6-8-10-17)22-19-13-21-14-20(23-19)25-16(3)12-15(2)24-25/h4,6-10,12-14,18H,1,5,11H2,2-3H3,(H,22,23). The molecule has 0 radical (unpaired) electrons. The fraction of sp³-hybridized carbons (Fsp3) is 0.250. The number of nitrogens with zero attached hydrogens (tertiary/aromatic N) is 4. The van der Waals surface area contributed by atoms with E-state index in [1.54, 1.807) is 12.4 Å². The molecule has 0 amide bonds. The summed E-state index contributed by atoms with van der Waals surface area (Å²) in [5, 5.41) is 7.99. The molecule has 2 aromatic heterocycles. The van der Waals surface area contributed by atoms with Crippen molar-refractivity contribution in [2.45, 2.75) is 32.7 Å². The zero-order valence-corrected chi connectivity index (χ0v) is 14.7. The molecule has 5 heteroatoms. The normalized spacial score (nSPS) is 11.9. The van der Waals surface area contributed by atoms with Crippen LogP contribution in [0.15, 0.2) is 61.4 Å². The second kappa shape index (κ2) is 7.75. The van der Waals surface area contributed by atoms with Crippen LogP contribution < -0.4 is 5.32 Å². The Kier molecular flexibility index (Phi) is 5.23. The van der Waals surface area contributed by atoms with Crippen molar-refractivity contribution in [1.82, 2.24) is 19.7 Å². The molecule has 0 aliphatic heterocycles. The van der Waals surface area contributed by atoms with Crippen molar-refractivity contribution < 1.29 is 0 Å². The average Bonchev–Trinajstić information content (AvgIpc) is 2.98. The maximum atomic E-state index is 4.69. The Morgan fingerprint density at radius 1 is 1.20 bits per heavy atom. The van der Waals surface area contributed by atoms with Crippen molar-refractivity contribution in [3.8, 4) is 5.82 Å². The molecule has 1 unspecified atom stereocenters. The van der Waals surface area contributed by atoms with Crippen molar-refractivity contribution in [3.63, 3.8) is 0 Å². The molecule has 0 aliphatic carbocycles. The van der Waals surface area contributed by atoms with Gasteiger partial charge in [-0.3, -0.25) is 4.98 Å². The van der Waals surface area contributed by atoms with Gasteiger partial charge in [0, 0.05) is 5.69 Å². The van der Waals surface area contributed by atoms with Gasteiger partial charge in [0.05, 0.1) is 24.1 Å². The number of benzene rings is 1. The van der Waals surface area contributed by atoms with Gasteiger partial charge in [-0.2, -0.15) is 5.10 Å². The first-order valence-electron chi connectivity index (χ1n) is 8.45. The molecule has 0 fully saturated rings. The molecule has 0 saturated carbocycles. The van der Waals surface area contributed by atoms with Crippen molar-refractivity contribution >= 4 is 5.82 Å². The number of rotatable bonds is 7. The fourth-order valence-electron chi connectivity index (χ4n) is 2.86. The zero-order valence-electron chi connectivity index (χ0n) is 14.7. The number of nitrogens with one attached hydrogen (secondary N) is 1. The predicted molar refractivity (Wildman–Crippen MR) is 101 cm³/mol. The minimum atomic E-state index is 0.157. The van der Waals surface area contributed by atoms with Gasteiger partial charge < -0.3 is 5.32 Å². The van der Waals surface area contributed by atoms with E-state index in [9.17, 15) is 0 Å². The Hall–Kier alpha value is -2.95. The number of aromatic nitrogens is 4. The predicted octanol–water partition coefficient (Wildman–Crippen LogP) is 4.40. The Labute approximate surface area is 148 Å². The van der Waals surface area contributed by atoms with Crippen LogP contribution in [0.4, 0.5) is 5.82 Å². The lowest BCUT2D eigenvalue weighted by Gasteiger charge is -2.19. The molecule has 0 spiro atoms. The summed E-state index contributed by atoms with van der Waals surface area (Å²) in [5.74, 6) is 1.45. The van der Waals surface area contributed by atoms with Crippen molar-refractivity contribution in [2.75, 3.05) is 5.32 Å². The highest BCUT2D eigenvalue weighted by Gasteiger charge is 2.13. The SMILES string of the molecule is C=CCCC(Nc1cncc(-n2nc(C)cc2C)n1)c1ccccc1. The Morgan fingerprint density at radius 2 is 2.00 bits per heavy atom. The smallest absolute Gasteiger partial charge is 0.174 e. The Morgan fingerprint density at radius 3 is 2.68 bits per heavy atom. The molecule has 0 saturated heterocycles. The monoisotopic (exact) mass is 333 g/mol. The van der Waals surface area contributed by atoms with Crippen LogP contribution >= 0.6 is 0 Å². The molecule has 128 valence electrons. The largest absolute Gasteiger partial charge is 0.362 e. The van der Waals surface area contributed by atoms with Gasteiger partial charge in [0.1, 0.15) is 5.82 Å². The average molecular weight is 333 g/mol. The van der Waals surface area contributed by atoms with Crippen LogP contribution in [0.3, 0.4) is 0 Å². The summed E-state index contributed by atoms with van der Waals surface area (Å²) in [5.41, 5.74) is 3.23. The van der Waals surface area contributed by atoms with Crippen LogP contribution in [0.2, 0.25) is 0 Å². The first kappa shape index (κ1) is 16.9. The van der Waals surface area contributed by atoms with Crippen LogP contribution in [-0.2, 0) is 0 Å². The van der Waals surface area contributed by atoms with Gasteiger partial charge in [0.25, 0.3) is 0 Å². The van der Waals surface area contributed by atoms with E-state index in [4.69, 9.17) is 4.98 Å². The highest BCUT2D eigenvalue weighted by Crippen LogP contribution is 2.23. The van der Waals surface area contributed by atoms with Crippen LogP contribution in [0.25, 0.3) is 5.82 Å². The second-order valence-corrected chi connectivity index (χ2v) is 6.08. The van der Waals surface area contributed by atoms with E-state index >= 15 is 0 Å². The summed E-state index contributed by atoms with van der Waals surface area (Å²) in [6, 6.07) is 12.6. The van der Waals surface area contributed by atoms with E-state index in [-0.39, 0.29) is 6.04 Å². The minimum Gasteiger partial charge on any atom is -0.362 e. The molecule has 3 rings (SSSR count). The molecule has 25 heavy (non-hydrogen) atoms. The van der Waals surface area contributed by atoms with E-state index in [0.717, 1.165) is 30.0 Å². The highest BCUT2D eigenvalue weighted by molar-refractivity contribution is 5.40. The summed E-state index contributed by atoms with van der Waals surface area (Å²) in [6.45, 7) is 7.82. The van der Waals surface area contributed by atoms with Gasteiger partial charge in [-0.05, 0) is 38.3 Å². The van der Waals surface area contributed by atoms with E-state index in [0.29, 0.717) is 5.82 Å². The first-order chi connectivity index (χ1) is 12.2. The molecule has 3 aromatic rings. The maximum absolute atomic E-state index is 4.69. The summed E-state index contributed by atoms with van der Waals surface area (Å²) in [6.07, 6.45) is 7.29. The van der Waals surface area contributed by atoms with Gasteiger partial charge in [-0.25, -0.2) is 9.67 Å². The quantitative estimate of drug-likeness (QED) is 0.651. The summed E-state index contributed by atoms with van der Waals surface area (Å²) in [4.78, 5) is 9.02. The van der Waals surface area contributed by atoms with Gasteiger partial charge >= 0.3 is 0 Å². The summed E-state index contributed by atoms with van der Waals surface area (Å²) >= 11 is 0. The molecule has 2 heterocycles. The van der Waals surface area contributed by atoms with Crippen LogP contribution in [-0.4, -0.2) is 19.7 Å². The molecular formula is C20H23N5. The topological polar surface area (TPSA) is 55.6 Å². The molecule has 0 bridgehead atoms. The summed E-state index contributed by atoms with van der Waals surface area (Å²) < 4.78 is 1.81. The molecule has 5 nitrogen and oxygen atoms in total. The lowest BCUT2D eigenvalue weighted by atomic mass is 10.0. The number of hydrogen-bond donors (Lipinski definition) is 1. The number of hydrogen-bond acceptors (Lipinski definition) is 4. The van der Waals surface area contributed by atoms with Crippen molar-refractivity contribution in [2.24, 2.45) is 0 Å². The fourth-order valence-corrected chi connectivity index (χ4v) is 2.86. The molecule has 1 aromatic carbocycles. The van der Waals surface area contributed by atoms with Crippen LogP contribution in [0.5, 0.6) is 0 Å². The first-order valence-corrected chi connectivity index (χ1v) is 8.45. The van der Waals surface area contributed by atoms with Gasteiger partial charge in [0.2, 0.25) is 0 Å². The van der Waals surface area contributed by atoms with E-state index in [2.05, 4.69) is 46.2 Å². The second-order valence-electron chi connectivity index (χ2n) is 6.08. The van der Waals surface area contributed by atoms with E-state index in [1.807, 2.05) is 36.7 Å². The lowest BCUT2D eigenvalue weighted by molar-refractivity contribution is 0.698. The third kappa shape index (κ3) is 4.12.